The Bertz CT molecular complexity index is 835. The number of ether oxygens (including phenoxy) is 2. The van der Waals surface area contributed by atoms with E-state index in [1.54, 1.807) is 0 Å². The van der Waals surface area contributed by atoms with E-state index in [9.17, 15) is 18.4 Å². The summed E-state index contributed by atoms with van der Waals surface area (Å²) in [5, 5.41) is -0.356. The van der Waals surface area contributed by atoms with Gasteiger partial charge in [0, 0.05) is 12.1 Å². The Kier molecular flexibility index (Phi) is 5.25. The second-order valence-corrected chi connectivity index (χ2v) is 5.10. The van der Waals surface area contributed by atoms with Crippen molar-refractivity contribution in [1.82, 2.24) is 9.55 Å². The van der Waals surface area contributed by atoms with Gasteiger partial charge in [0.1, 0.15) is 17.9 Å². The van der Waals surface area contributed by atoms with Gasteiger partial charge in [-0.15, -0.1) is 0 Å². The van der Waals surface area contributed by atoms with E-state index in [1.807, 2.05) is 0 Å². The molecule has 2 N–H and O–H groups in total. The molecule has 0 unspecified atom stereocenters. The molecule has 0 saturated heterocycles. The molecular formula is C13H9Cl2F2N3O4. The predicted molar refractivity (Wildman–Crippen MR) is 82.2 cm³/mol. The van der Waals surface area contributed by atoms with Gasteiger partial charge in [0.05, 0.1) is 22.8 Å². The SMILES string of the molecule is COC(=O)c1c(N)ncn(-c2c(Cl)cc(OC(F)F)cc2Cl)c1=O. The Morgan fingerprint density at radius 1 is 1.33 bits per heavy atom. The summed E-state index contributed by atoms with van der Waals surface area (Å²) in [6, 6.07) is 2.07. The lowest BCUT2D eigenvalue weighted by Gasteiger charge is -2.13. The second-order valence-electron chi connectivity index (χ2n) is 4.29. The molecule has 11 heteroatoms. The number of esters is 1. The molecule has 128 valence electrons. The van der Waals surface area contributed by atoms with Crippen molar-refractivity contribution in [3.05, 3.63) is 44.4 Å². The Balaban J connectivity index is 2.65. The number of carbonyl (C=O) groups is 1. The molecule has 7 nitrogen and oxygen atoms in total. The lowest BCUT2D eigenvalue weighted by atomic mass is 10.2. The Hall–Kier alpha value is -2.39. The van der Waals surface area contributed by atoms with Crippen molar-refractivity contribution in [1.29, 1.82) is 0 Å². The number of aromatic nitrogens is 2. The molecule has 0 aliphatic rings. The van der Waals surface area contributed by atoms with Gasteiger partial charge in [-0.1, -0.05) is 23.2 Å². The van der Waals surface area contributed by atoms with Crippen LogP contribution in [0.5, 0.6) is 5.75 Å². The van der Waals surface area contributed by atoms with Crippen LogP contribution in [0, 0.1) is 0 Å². The average molecular weight is 380 g/mol. The normalized spacial score (nSPS) is 10.8. The summed E-state index contributed by atoms with van der Waals surface area (Å²) in [7, 11) is 1.06. The van der Waals surface area contributed by atoms with E-state index >= 15 is 0 Å². The molecule has 1 aromatic carbocycles. The van der Waals surface area contributed by atoms with E-state index in [1.165, 1.54) is 0 Å². The minimum Gasteiger partial charge on any atom is -0.465 e. The minimum absolute atomic E-state index is 0.0809. The molecule has 0 aliphatic carbocycles. The monoisotopic (exact) mass is 379 g/mol. The molecule has 0 radical (unpaired) electrons. The molecule has 0 amide bonds. The lowest BCUT2D eigenvalue weighted by molar-refractivity contribution is -0.0498. The number of halogens is 4. The minimum atomic E-state index is -3.07. The first-order valence-corrected chi connectivity index (χ1v) is 6.91. The Morgan fingerprint density at radius 3 is 2.42 bits per heavy atom. The molecule has 0 fully saturated rings. The number of anilines is 1. The number of carbonyl (C=O) groups excluding carboxylic acids is 1. The molecule has 2 aromatic rings. The van der Waals surface area contributed by atoms with Gasteiger partial charge in [-0.05, 0) is 0 Å². The fraction of sp³-hybridized carbons (Fsp3) is 0.154. The van der Waals surface area contributed by atoms with Crippen LogP contribution in [0.2, 0.25) is 10.0 Å². The standard InChI is InChI=1S/C13H9Cl2F2N3O4/c1-23-12(22)8-10(18)19-4-20(11(8)21)9-6(14)2-5(3-7(9)15)24-13(16)17/h2-4,13H,18H2,1H3. The van der Waals surface area contributed by atoms with E-state index in [-0.39, 0.29) is 27.3 Å². The third-order valence-electron chi connectivity index (χ3n) is 2.85. The van der Waals surface area contributed by atoms with Gasteiger partial charge in [0.2, 0.25) is 0 Å². The van der Waals surface area contributed by atoms with Crippen molar-refractivity contribution in [2.45, 2.75) is 6.61 Å². The molecule has 0 saturated carbocycles. The summed E-state index contributed by atoms with van der Waals surface area (Å²) in [6.45, 7) is -3.07. The van der Waals surface area contributed by atoms with Gasteiger partial charge >= 0.3 is 12.6 Å². The van der Waals surface area contributed by atoms with Crippen molar-refractivity contribution in [2.75, 3.05) is 12.8 Å². The van der Waals surface area contributed by atoms with Crippen molar-refractivity contribution in [3.63, 3.8) is 0 Å². The van der Waals surface area contributed by atoms with Crippen molar-refractivity contribution in [3.8, 4) is 11.4 Å². The topological polar surface area (TPSA) is 96.4 Å². The van der Waals surface area contributed by atoms with Gasteiger partial charge in [0.15, 0.2) is 5.56 Å². The molecule has 24 heavy (non-hydrogen) atoms. The van der Waals surface area contributed by atoms with E-state index in [4.69, 9.17) is 28.9 Å². The zero-order chi connectivity index (χ0) is 18.0. The van der Waals surface area contributed by atoms with Crippen molar-refractivity contribution in [2.24, 2.45) is 0 Å². The fourth-order valence-electron chi connectivity index (χ4n) is 1.86. The first-order chi connectivity index (χ1) is 11.3. The van der Waals surface area contributed by atoms with Gasteiger partial charge < -0.3 is 15.2 Å². The van der Waals surface area contributed by atoms with Crippen LogP contribution in [0.4, 0.5) is 14.6 Å². The highest BCUT2D eigenvalue weighted by atomic mass is 35.5. The predicted octanol–water partition coefficient (Wildman–Crippen LogP) is 2.51. The van der Waals surface area contributed by atoms with Crippen LogP contribution in [0.25, 0.3) is 5.69 Å². The molecule has 0 bridgehead atoms. The first kappa shape index (κ1) is 18.0. The molecule has 0 spiro atoms. The molecule has 0 aliphatic heterocycles. The summed E-state index contributed by atoms with van der Waals surface area (Å²) in [6.07, 6.45) is 0.991. The zero-order valence-electron chi connectivity index (χ0n) is 11.9. The van der Waals surface area contributed by atoms with Crippen LogP contribution < -0.4 is 16.0 Å². The van der Waals surface area contributed by atoms with Crippen LogP contribution in [0.1, 0.15) is 10.4 Å². The molecule has 0 atom stereocenters. The highest BCUT2D eigenvalue weighted by molar-refractivity contribution is 6.38. The van der Waals surface area contributed by atoms with Gasteiger partial charge in [-0.25, -0.2) is 9.78 Å². The number of hydrogen-bond acceptors (Lipinski definition) is 6. The number of nitrogen functional groups attached to an aromatic ring is 1. The largest absolute Gasteiger partial charge is 0.465 e. The third kappa shape index (κ3) is 3.41. The van der Waals surface area contributed by atoms with E-state index in [0.29, 0.717) is 0 Å². The third-order valence-corrected chi connectivity index (χ3v) is 3.42. The van der Waals surface area contributed by atoms with Crippen molar-refractivity contribution >= 4 is 35.0 Å². The van der Waals surface area contributed by atoms with E-state index in [0.717, 1.165) is 30.1 Å². The van der Waals surface area contributed by atoms with Gasteiger partial charge in [0.25, 0.3) is 5.56 Å². The lowest BCUT2D eigenvalue weighted by Crippen LogP contribution is -2.28. The Labute approximate surface area is 143 Å². The number of alkyl halides is 2. The Morgan fingerprint density at radius 2 is 1.92 bits per heavy atom. The summed E-state index contributed by atoms with van der Waals surface area (Å²) in [5.41, 5.74) is 4.02. The van der Waals surface area contributed by atoms with E-state index < -0.39 is 23.7 Å². The average Bonchev–Trinajstić information content (AvgIpc) is 2.47. The highest BCUT2D eigenvalue weighted by Gasteiger charge is 2.22. The number of benzene rings is 1. The van der Waals surface area contributed by atoms with Crippen LogP contribution >= 0.6 is 23.2 Å². The van der Waals surface area contributed by atoms with Gasteiger partial charge in [-0.3, -0.25) is 9.36 Å². The number of nitrogens with zero attached hydrogens (tertiary/aromatic N) is 2. The van der Waals surface area contributed by atoms with Gasteiger partial charge in [-0.2, -0.15) is 8.78 Å². The number of hydrogen-bond donors (Lipinski definition) is 1. The quantitative estimate of drug-likeness (QED) is 0.819. The molecule has 2 rings (SSSR count). The van der Waals surface area contributed by atoms with Crippen molar-refractivity contribution < 1.29 is 23.0 Å². The number of nitrogens with two attached hydrogens (primary N) is 1. The van der Waals surface area contributed by atoms with Crippen LogP contribution in [0.3, 0.4) is 0 Å². The zero-order valence-corrected chi connectivity index (χ0v) is 13.4. The number of methoxy groups -OCH3 is 1. The smallest absolute Gasteiger partial charge is 0.387 e. The van der Waals surface area contributed by atoms with Crippen LogP contribution in [-0.2, 0) is 4.74 Å². The summed E-state index contributed by atoms with van der Waals surface area (Å²) in [5.74, 6) is -1.63. The summed E-state index contributed by atoms with van der Waals surface area (Å²) >= 11 is 12.0. The maximum atomic E-state index is 12.4. The van der Waals surface area contributed by atoms with Crippen LogP contribution in [0.15, 0.2) is 23.3 Å². The molecule has 1 aromatic heterocycles. The summed E-state index contributed by atoms with van der Waals surface area (Å²) < 4.78 is 34.0. The maximum Gasteiger partial charge on any atom is 0.387 e. The second kappa shape index (κ2) is 7.02. The first-order valence-electron chi connectivity index (χ1n) is 6.16. The van der Waals surface area contributed by atoms with E-state index in [2.05, 4.69) is 14.5 Å². The molecule has 1 heterocycles. The highest BCUT2D eigenvalue weighted by Crippen LogP contribution is 2.33. The summed E-state index contributed by atoms with van der Waals surface area (Å²) in [4.78, 5) is 27.8. The molecular weight excluding hydrogens is 371 g/mol. The maximum absolute atomic E-state index is 12.4. The fourth-order valence-corrected chi connectivity index (χ4v) is 2.51. The number of rotatable bonds is 4. The van der Waals surface area contributed by atoms with Crippen LogP contribution in [-0.4, -0.2) is 29.2 Å².